The van der Waals surface area contributed by atoms with Crippen LogP contribution in [0.4, 0.5) is 0 Å². The van der Waals surface area contributed by atoms with Gasteiger partial charge in [-0.2, -0.15) is 5.10 Å². The highest BCUT2D eigenvalue weighted by molar-refractivity contribution is 5.84. The van der Waals surface area contributed by atoms with Gasteiger partial charge in [0.25, 0.3) is 0 Å². The molecule has 6 heteroatoms. The van der Waals surface area contributed by atoms with E-state index in [1.165, 1.54) is 0 Å². The Bertz CT molecular complexity index is 593. The van der Waals surface area contributed by atoms with Gasteiger partial charge in [0.15, 0.2) is 0 Å². The van der Waals surface area contributed by atoms with Crippen LogP contribution in [0.2, 0.25) is 0 Å². The highest BCUT2D eigenvalue weighted by Crippen LogP contribution is 2.17. The summed E-state index contributed by atoms with van der Waals surface area (Å²) in [6.07, 6.45) is 2.82. The molecule has 0 saturated carbocycles. The van der Waals surface area contributed by atoms with Gasteiger partial charge in [-0.3, -0.25) is 14.3 Å². The Balaban J connectivity index is 2.70. The number of nitrogens with zero attached hydrogens (tertiary/aromatic N) is 3. The fraction of sp³-hybridized carbons (Fsp3) is 0.750. The van der Waals surface area contributed by atoms with E-state index in [0.29, 0.717) is 31.8 Å². The van der Waals surface area contributed by atoms with Gasteiger partial charge in [-0.1, -0.05) is 27.7 Å². The van der Waals surface area contributed by atoms with E-state index in [9.17, 15) is 9.59 Å². The largest absolute Gasteiger partial charge is 0.355 e. The van der Waals surface area contributed by atoms with Gasteiger partial charge in [0.05, 0.1) is 12.2 Å². The maximum atomic E-state index is 12.6. The Morgan fingerprint density at radius 3 is 2.46 bits per heavy atom. The lowest BCUT2D eigenvalue weighted by Gasteiger charge is -2.21. The summed E-state index contributed by atoms with van der Waals surface area (Å²) in [7, 11) is 0. The number of hydrogen-bond acceptors (Lipinski definition) is 3. The van der Waals surface area contributed by atoms with Crippen LogP contribution in [0.5, 0.6) is 0 Å². The molecule has 0 atom stereocenters. The van der Waals surface area contributed by atoms with Crippen LogP contribution in [0.1, 0.15) is 63.9 Å². The second-order valence-electron chi connectivity index (χ2n) is 7.39. The van der Waals surface area contributed by atoms with Gasteiger partial charge >= 0.3 is 0 Å². The van der Waals surface area contributed by atoms with Crippen molar-refractivity contribution in [1.29, 1.82) is 0 Å². The molecule has 1 aromatic heterocycles. The van der Waals surface area contributed by atoms with Gasteiger partial charge in [-0.15, -0.1) is 0 Å². The Morgan fingerprint density at radius 2 is 1.88 bits per heavy atom. The van der Waals surface area contributed by atoms with E-state index in [2.05, 4.69) is 31.2 Å². The van der Waals surface area contributed by atoms with Crippen molar-refractivity contribution in [3.63, 3.8) is 0 Å². The molecular weight excluding hydrogens is 328 g/mol. The molecule has 0 aliphatic rings. The molecule has 0 saturated heterocycles. The van der Waals surface area contributed by atoms with Crippen LogP contribution in [0.3, 0.4) is 0 Å². The van der Waals surface area contributed by atoms with Gasteiger partial charge in [0, 0.05) is 31.7 Å². The second-order valence-corrected chi connectivity index (χ2v) is 7.39. The van der Waals surface area contributed by atoms with Crippen molar-refractivity contribution in [3.8, 4) is 0 Å². The van der Waals surface area contributed by atoms with E-state index >= 15 is 0 Å². The predicted octanol–water partition coefficient (Wildman–Crippen LogP) is 2.85. The van der Waals surface area contributed by atoms with Gasteiger partial charge in [0.2, 0.25) is 11.8 Å². The van der Waals surface area contributed by atoms with E-state index in [1.54, 1.807) is 4.90 Å². The molecule has 148 valence electrons. The number of amides is 2. The number of rotatable bonds is 11. The summed E-state index contributed by atoms with van der Waals surface area (Å²) in [4.78, 5) is 26.3. The highest BCUT2D eigenvalue weighted by atomic mass is 16.2. The van der Waals surface area contributed by atoms with E-state index in [-0.39, 0.29) is 18.4 Å². The first-order valence-electron chi connectivity index (χ1n) is 9.87. The normalized spacial score (nSPS) is 11.0. The molecule has 0 aliphatic carbocycles. The van der Waals surface area contributed by atoms with Crippen LogP contribution in [0, 0.1) is 19.8 Å². The molecule has 0 aliphatic heterocycles. The molecule has 0 aromatic carbocycles. The Labute approximate surface area is 158 Å². The Hall–Kier alpha value is -1.85. The van der Waals surface area contributed by atoms with Crippen LogP contribution in [-0.4, -0.2) is 46.1 Å². The maximum absolute atomic E-state index is 12.6. The maximum Gasteiger partial charge on any atom is 0.239 e. The van der Waals surface area contributed by atoms with Crippen LogP contribution < -0.4 is 5.32 Å². The summed E-state index contributed by atoms with van der Waals surface area (Å²) < 4.78 is 2.04. The van der Waals surface area contributed by atoms with Gasteiger partial charge < -0.3 is 10.2 Å². The van der Waals surface area contributed by atoms with E-state index in [4.69, 9.17) is 0 Å². The molecule has 1 heterocycles. The average molecular weight is 365 g/mol. The Kier molecular flexibility index (Phi) is 9.38. The molecule has 1 rings (SSSR count). The fourth-order valence-electron chi connectivity index (χ4n) is 3.07. The molecule has 0 bridgehead atoms. The SMILES string of the molecule is CCCNC(=O)CN(CCC)C(=O)CCc1c(C)nn(CC(C)C)c1C. The predicted molar refractivity (Wildman–Crippen MR) is 105 cm³/mol. The zero-order valence-corrected chi connectivity index (χ0v) is 17.4. The summed E-state index contributed by atoms with van der Waals surface area (Å²) in [6, 6.07) is 0. The van der Waals surface area contributed by atoms with Crippen molar-refractivity contribution in [2.45, 2.75) is 73.8 Å². The Morgan fingerprint density at radius 1 is 1.19 bits per heavy atom. The van der Waals surface area contributed by atoms with Gasteiger partial charge in [0.1, 0.15) is 0 Å². The number of hydrogen-bond donors (Lipinski definition) is 1. The van der Waals surface area contributed by atoms with Crippen molar-refractivity contribution in [2.75, 3.05) is 19.6 Å². The van der Waals surface area contributed by atoms with Crippen molar-refractivity contribution >= 4 is 11.8 Å². The minimum atomic E-state index is -0.0780. The number of aryl methyl sites for hydroxylation is 1. The molecule has 1 aromatic rings. The molecule has 2 amide bonds. The molecule has 1 N–H and O–H groups in total. The van der Waals surface area contributed by atoms with Crippen LogP contribution >= 0.6 is 0 Å². The van der Waals surface area contributed by atoms with E-state index in [0.717, 1.165) is 36.3 Å². The lowest BCUT2D eigenvalue weighted by atomic mass is 10.1. The van der Waals surface area contributed by atoms with Crippen molar-refractivity contribution in [1.82, 2.24) is 20.0 Å². The molecule has 0 spiro atoms. The molecular formula is C20H36N4O2. The number of aromatic nitrogens is 2. The molecule has 0 radical (unpaired) electrons. The third-order valence-electron chi connectivity index (χ3n) is 4.41. The quantitative estimate of drug-likeness (QED) is 0.656. The monoisotopic (exact) mass is 364 g/mol. The van der Waals surface area contributed by atoms with Crippen molar-refractivity contribution in [3.05, 3.63) is 17.0 Å². The van der Waals surface area contributed by atoms with Crippen molar-refractivity contribution in [2.24, 2.45) is 5.92 Å². The fourth-order valence-corrected chi connectivity index (χ4v) is 3.07. The van der Waals surface area contributed by atoms with Crippen LogP contribution in [-0.2, 0) is 22.6 Å². The van der Waals surface area contributed by atoms with Crippen LogP contribution in [0.25, 0.3) is 0 Å². The number of carbonyl (C=O) groups is 2. The summed E-state index contributed by atoms with van der Waals surface area (Å²) in [6.45, 7) is 14.8. The standard InChI is InChI=1S/C20H36N4O2/c1-7-11-21-19(25)14-23(12-8-2)20(26)10-9-18-16(5)22-24(17(18)6)13-15(3)4/h15H,7-14H2,1-6H3,(H,21,25). The first-order chi connectivity index (χ1) is 12.3. The minimum absolute atomic E-state index is 0.0360. The zero-order valence-electron chi connectivity index (χ0n) is 17.4. The summed E-state index contributed by atoms with van der Waals surface area (Å²) in [5, 5.41) is 7.46. The number of nitrogens with one attached hydrogen (secondary N) is 1. The first kappa shape index (κ1) is 22.2. The lowest BCUT2D eigenvalue weighted by Crippen LogP contribution is -2.41. The minimum Gasteiger partial charge on any atom is -0.355 e. The summed E-state index contributed by atoms with van der Waals surface area (Å²) >= 11 is 0. The number of carbonyl (C=O) groups excluding carboxylic acids is 2. The zero-order chi connectivity index (χ0) is 19.7. The third-order valence-corrected chi connectivity index (χ3v) is 4.41. The van der Waals surface area contributed by atoms with E-state index < -0.39 is 0 Å². The molecule has 26 heavy (non-hydrogen) atoms. The van der Waals surface area contributed by atoms with Crippen LogP contribution in [0.15, 0.2) is 0 Å². The molecule has 0 fully saturated rings. The highest BCUT2D eigenvalue weighted by Gasteiger charge is 2.18. The summed E-state index contributed by atoms with van der Waals surface area (Å²) in [5.41, 5.74) is 3.30. The summed E-state index contributed by atoms with van der Waals surface area (Å²) in [5.74, 6) is 0.490. The smallest absolute Gasteiger partial charge is 0.239 e. The molecule has 6 nitrogen and oxygen atoms in total. The lowest BCUT2D eigenvalue weighted by molar-refractivity contribution is -0.136. The average Bonchev–Trinajstić information content (AvgIpc) is 2.83. The van der Waals surface area contributed by atoms with Crippen molar-refractivity contribution < 1.29 is 9.59 Å². The third kappa shape index (κ3) is 6.81. The van der Waals surface area contributed by atoms with E-state index in [1.807, 2.05) is 25.5 Å². The van der Waals surface area contributed by atoms with Gasteiger partial charge in [-0.25, -0.2) is 0 Å². The topological polar surface area (TPSA) is 67.2 Å². The molecule has 0 unspecified atom stereocenters. The first-order valence-corrected chi connectivity index (χ1v) is 9.87. The van der Waals surface area contributed by atoms with Gasteiger partial charge in [-0.05, 0) is 44.6 Å². The second kappa shape index (κ2) is 11.0.